The maximum absolute atomic E-state index is 13.7. The highest BCUT2D eigenvalue weighted by molar-refractivity contribution is 5.94. The summed E-state index contributed by atoms with van der Waals surface area (Å²) in [5.74, 6) is 1.46. The topological polar surface area (TPSA) is 62.1 Å². The molecule has 0 radical (unpaired) electrons. The molecule has 0 amide bonds. The molecule has 0 saturated heterocycles. The van der Waals surface area contributed by atoms with Gasteiger partial charge in [0.05, 0.1) is 16.8 Å². The first kappa shape index (κ1) is 25.6. The lowest BCUT2D eigenvalue weighted by Gasteiger charge is -2.27. The zero-order valence-electron chi connectivity index (χ0n) is 20.5. The number of aromatic nitrogens is 3. The van der Waals surface area contributed by atoms with Gasteiger partial charge in [-0.05, 0) is 48.2 Å². The molecule has 8 heteroatoms. The Bertz CT molecular complexity index is 1330. The largest absolute Gasteiger partial charge is 0.418 e. The monoisotopic (exact) mass is 494 g/mol. The van der Waals surface area contributed by atoms with Crippen LogP contribution in [0.5, 0.6) is 0 Å². The molecule has 0 bridgehead atoms. The van der Waals surface area contributed by atoms with E-state index in [9.17, 15) is 18.3 Å². The normalized spacial score (nSPS) is 12.8. The zero-order chi connectivity index (χ0) is 25.9. The molecule has 36 heavy (non-hydrogen) atoms. The number of hydrogen-bond donors (Lipinski definition) is 1. The van der Waals surface area contributed by atoms with Crippen LogP contribution in [0.4, 0.5) is 24.7 Å². The third-order valence-electron chi connectivity index (χ3n) is 5.82. The minimum absolute atomic E-state index is 0.0198. The van der Waals surface area contributed by atoms with E-state index in [2.05, 4.69) is 23.7 Å². The van der Waals surface area contributed by atoms with E-state index in [4.69, 9.17) is 9.97 Å². The number of para-hydroxylation sites is 1. The number of pyridine rings is 1. The highest BCUT2D eigenvalue weighted by Gasteiger charge is 2.34. The van der Waals surface area contributed by atoms with Crippen LogP contribution in [-0.4, -0.2) is 33.2 Å². The van der Waals surface area contributed by atoms with E-state index in [1.165, 1.54) is 12.3 Å². The van der Waals surface area contributed by atoms with Gasteiger partial charge in [-0.15, -0.1) is 0 Å². The van der Waals surface area contributed by atoms with Crippen molar-refractivity contribution in [2.75, 3.05) is 18.1 Å². The molecule has 188 valence electrons. The van der Waals surface area contributed by atoms with Crippen molar-refractivity contribution in [3.8, 4) is 11.3 Å². The highest BCUT2D eigenvalue weighted by Crippen LogP contribution is 2.38. The molecule has 5 nitrogen and oxygen atoms in total. The predicted molar refractivity (Wildman–Crippen MR) is 136 cm³/mol. The first-order chi connectivity index (χ1) is 17.2. The van der Waals surface area contributed by atoms with Crippen molar-refractivity contribution in [1.29, 1.82) is 0 Å². The van der Waals surface area contributed by atoms with E-state index in [0.29, 0.717) is 41.6 Å². The number of nitrogens with zero attached hydrogens (tertiary/aromatic N) is 4. The van der Waals surface area contributed by atoms with Gasteiger partial charge in [-0.3, -0.25) is 4.98 Å². The number of halogens is 3. The molecule has 1 atom stereocenters. The maximum atomic E-state index is 13.7. The van der Waals surface area contributed by atoms with Gasteiger partial charge in [-0.2, -0.15) is 13.2 Å². The number of hydrogen-bond acceptors (Lipinski definition) is 5. The molecular formula is C28H29F3N4O. The molecule has 0 aliphatic carbocycles. The highest BCUT2D eigenvalue weighted by atomic mass is 19.4. The van der Waals surface area contributed by atoms with Gasteiger partial charge < -0.3 is 10.0 Å². The molecule has 0 aliphatic rings. The maximum Gasteiger partial charge on any atom is 0.418 e. The van der Waals surface area contributed by atoms with Gasteiger partial charge in [0.1, 0.15) is 11.6 Å². The molecule has 0 saturated carbocycles. The Hall–Kier alpha value is -3.52. The van der Waals surface area contributed by atoms with Crippen molar-refractivity contribution < 1.29 is 18.3 Å². The molecule has 0 aliphatic heterocycles. The van der Waals surface area contributed by atoms with Crippen LogP contribution >= 0.6 is 0 Å². The molecule has 2 heterocycles. The summed E-state index contributed by atoms with van der Waals surface area (Å²) in [6.07, 6.45) is -2.74. The van der Waals surface area contributed by atoms with E-state index < -0.39 is 11.7 Å². The predicted octanol–water partition coefficient (Wildman–Crippen LogP) is 6.68. The second-order valence-electron chi connectivity index (χ2n) is 9.42. The summed E-state index contributed by atoms with van der Waals surface area (Å²) in [6.45, 7) is 6.80. The average molecular weight is 495 g/mol. The van der Waals surface area contributed by atoms with Crippen LogP contribution in [0.15, 0.2) is 66.9 Å². The van der Waals surface area contributed by atoms with Crippen molar-refractivity contribution >= 4 is 22.4 Å². The molecular weight excluding hydrogens is 465 g/mol. The Morgan fingerprint density at radius 3 is 2.36 bits per heavy atom. The third kappa shape index (κ3) is 5.65. The van der Waals surface area contributed by atoms with Crippen molar-refractivity contribution in [3.05, 3.63) is 78.2 Å². The van der Waals surface area contributed by atoms with Crippen LogP contribution < -0.4 is 4.90 Å². The second kappa shape index (κ2) is 10.6. The number of aliphatic hydroxyl groups excluding tert-OH is 1. The Labute approximate surface area is 208 Å². The van der Waals surface area contributed by atoms with Crippen LogP contribution in [0.25, 0.3) is 22.2 Å². The lowest BCUT2D eigenvalue weighted by atomic mass is 10.0. The summed E-state index contributed by atoms with van der Waals surface area (Å²) in [7, 11) is 0. The first-order valence-corrected chi connectivity index (χ1v) is 11.9. The molecule has 2 aromatic carbocycles. The number of benzene rings is 2. The van der Waals surface area contributed by atoms with Crippen LogP contribution in [0.1, 0.15) is 32.2 Å². The van der Waals surface area contributed by atoms with E-state index in [1.807, 2.05) is 37.3 Å². The summed E-state index contributed by atoms with van der Waals surface area (Å²) >= 11 is 0. The van der Waals surface area contributed by atoms with Crippen LogP contribution in [0.2, 0.25) is 0 Å². The van der Waals surface area contributed by atoms with Crippen LogP contribution in [0.3, 0.4) is 0 Å². The minimum Gasteiger partial charge on any atom is -0.396 e. The van der Waals surface area contributed by atoms with Crippen molar-refractivity contribution in [2.24, 2.45) is 11.8 Å². The van der Waals surface area contributed by atoms with Crippen LogP contribution in [-0.2, 0) is 12.6 Å². The van der Waals surface area contributed by atoms with Crippen molar-refractivity contribution in [1.82, 2.24) is 15.0 Å². The summed E-state index contributed by atoms with van der Waals surface area (Å²) in [6, 6.07) is 17.2. The summed E-state index contributed by atoms with van der Waals surface area (Å²) < 4.78 is 41.0. The number of fused-ring (bicyclic) bond motifs is 1. The standard InChI is InChI=1S/C28H29F3N4O/c1-18(2)16-35(21-8-5-4-6-9-21)27-22-12-11-20(26-23(28(29,30)31)10-7-13-32-26)15-24(22)33-25(34-27)14-19(3)17-36/h4-13,15,18-19,36H,14,16-17H2,1-3H3. The summed E-state index contributed by atoms with van der Waals surface area (Å²) in [4.78, 5) is 15.7. The van der Waals surface area contributed by atoms with Crippen molar-refractivity contribution in [3.63, 3.8) is 0 Å². The Balaban J connectivity index is 1.94. The Morgan fingerprint density at radius 1 is 0.944 bits per heavy atom. The lowest BCUT2D eigenvalue weighted by molar-refractivity contribution is -0.137. The number of aliphatic hydroxyl groups is 1. The molecule has 1 unspecified atom stereocenters. The van der Waals surface area contributed by atoms with E-state index in [-0.39, 0.29) is 18.2 Å². The van der Waals surface area contributed by atoms with E-state index >= 15 is 0 Å². The zero-order valence-corrected chi connectivity index (χ0v) is 20.5. The first-order valence-electron chi connectivity index (χ1n) is 11.9. The van der Waals surface area contributed by atoms with E-state index in [1.54, 1.807) is 18.2 Å². The second-order valence-corrected chi connectivity index (χ2v) is 9.42. The van der Waals surface area contributed by atoms with Crippen molar-refractivity contribution in [2.45, 2.75) is 33.4 Å². The number of rotatable bonds is 8. The number of alkyl halides is 3. The molecule has 1 N–H and O–H groups in total. The molecule has 2 aromatic heterocycles. The Kier molecular flexibility index (Phi) is 7.54. The number of anilines is 2. The molecule has 0 spiro atoms. The average Bonchev–Trinajstić information content (AvgIpc) is 2.86. The van der Waals surface area contributed by atoms with Gasteiger partial charge in [-0.25, -0.2) is 9.97 Å². The fourth-order valence-corrected chi connectivity index (χ4v) is 4.13. The van der Waals surface area contributed by atoms with Gasteiger partial charge in [0.2, 0.25) is 0 Å². The van der Waals surface area contributed by atoms with E-state index in [0.717, 1.165) is 17.1 Å². The lowest BCUT2D eigenvalue weighted by Crippen LogP contribution is -2.24. The fraction of sp³-hybridized carbons (Fsp3) is 0.321. The van der Waals surface area contributed by atoms with Gasteiger partial charge in [0.15, 0.2) is 0 Å². The summed E-state index contributed by atoms with van der Waals surface area (Å²) in [5.41, 5.74) is 0.885. The third-order valence-corrected chi connectivity index (χ3v) is 5.82. The van der Waals surface area contributed by atoms with Crippen LogP contribution in [0, 0.1) is 11.8 Å². The SMILES string of the molecule is CC(C)CN(c1ccccc1)c1nc(CC(C)CO)nc2cc(-c3ncccc3C(F)(F)F)ccc12. The molecule has 4 aromatic rings. The molecule has 4 rings (SSSR count). The molecule has 0 fully saturated rings. The van der Waals surface area contributed by atoms with Gasteiger partial charge in [-0.1, -0.05) is 45.0 Å². The minimum atomic E-state index is -4.53. The smallest absolute Gasteiger partial charge is 0.396 e. The summed E-state index contributed by atoms with van der Waals surface area (Å²) in [5, 5.41) is 10.3. The fourth-order valence-electron chi connectivity index (χ4n) is 4.13. The van der Waals surface area contributed by atoms with Gasteiger partial charge in [0, 0.05) is 42.4 Å². The Morgan fingerprint density at radius 2 is 1.69 bits per heavy atom. The van der Waals surface area contributed by atoms with Gasteiger partial charge in [0.25, 0.3) is 0 Å². The quantitative estimate of drug-likeness (QED) is 0.296. The van der Waals surface area contributed by atoms with Gasteiger partial charge >= 0.3 is 6.18 Å².